The van der Waals surface area contributed by atoms with Gasteiger partial charge >= 0.3 is 0 Å². The van der Waals surface area contributed by atoms with Gasteiger partial charge in [-0.15, -0.1) is 10.2 Å². The summed E-state index contributed by atoms with van der Waals surface area (Å²) < 4.78 is 14.3. The van der Waals surface area contributed by atoms with Crippen LogP contribution in [0.15, 0.2) is 62.6 Å². The van der Waals surface area contributed by atoms with E-state index < -0.39 is 0 Å². The number of hydrogen-bond donors (Lipinski definition) is 1. The summed E-state index contributed by atoms with van der Waals surface area (Å²) in [6, 6.07) is 15.1. The number of hydrogen-bond acceptors (Lipinski definition) is 6. The molecule has 0 aliphatic rings. The summed E-state index contributed by atoms with van der Waals surface area (Å²) >= 11 is 4.71. The lowest BCUT2D eigenvalue weighted by Gasteiger charge is -2.07. The van der Waals surface area contributed by atoms with E-state index in [1.54, 1.807) is 7.11 Å². The molecule has 0 aliphatic carbocycles. The van der Waals surface area contributed by atoms with Crippen LogP contribution in [0.2, 0.25) is 0 Å². The van der Waals surface area contributed by atoms with E-state index >= 15 is 0 Å². The van der Waals surface area contributed by atoms with Gasteiger partial charge in [0.15, 0.2) is 22.2 Å². The number of aromatic nitrogens is 3. The molecule has 0 bridgehead atoms. The largest absolute Gasteiger partial charge is 0.493 e. The van der Waals surface area contributed by atoms with Gasteiger partial charge in [0, 0.05) is 22.1 Å². The maximum atomic E-state index is 12.3. The Morgan fingerprint density at radius 3 is 2.77 bits per heavy atom. The predicted octanol–water partition coefficient (Wildman–Crippen LogP) is 5.21. The molecule has 0 atom stereocenters. The Hall–Kier alpha value is -2.78. The molecule has 2 aromatic heterocycles. The van der Waals surface area contributed by atoms with E-state index in [4.69, 9.17) is 9.15 Å². The lowest BCUT2D eigenvalue weighted by atomic mass is 10.2. The molecular formula is C21H19BrN4O3S. The fourth-order valence-corrected chi connectivity index (χ4v) is 4.10. The Bertz CT molecular complexity index is 1190. The molecule has 1 amide bonds. The van der Waals surface area contributed by atoms with Crippen molar-refractivity contribution in [2.75, 3.05) is 18.2 Å². The van der Waals surface area contributed by atoms with Crippen molar-refractivity contribution < 1.29 is 13.9 Å². The quantitative estimate of drug-likeness (QED) is 0.361. The fraction of sp³-hybridized carbons (Fsp3) is 0.190. The SMILES string of the molecule is CCn1c(SCC(=O)Nc2ccc(Br)cc2)nnc1-c1cc2cccc(OC)c2o1. The van der Waals surface area contributed by atoms with Crippen LogP contribution in [-0.2, 0) is 11.3 Å². The number of fused-ring (bicyclic) bond motifs is 1. The first-order valence-corrected chi connectivity index (χ1v) is 11.0. The number of benzene rings is 2. The van der Waals surface area contributed by atoms with Crippen LogP contribution in [0.25, 0.3) is 22.6 Å². The molecule has 0 spiro atoms. The summed E-state index contributed by atoms with van der Waals surface area (Å²) in [6.07, 6.45) is 0. The summed E-state index contributed by atoms with van der Waals surface area (Å²) in [5.74, 6) is 2.01. The van der Waals surface area contributed by atoms with Gasteiger partial charge in [0.05, 0.1) is 12.9 Å². The van der Waals surface area contributed by atoms with Gasteiger partial charge in [-0.2, -0.15) is 0 Å². The van der Waals surface area contributed by atoms with Crippen LogP contribution in [-0.4, -0.2) is 33.5 Å². The van der Waals surface area contributed by atoms with Crippen molar-refractivity contribution in [3.05, 3.63) is 53.0 Å². The van der Waals surface area contributed by atoms with E-state index in [2.05, 4.69) is 31.4 Å². The third kappa shape index (κ3) is 4.22. The molecule has 4 aromatic rings. The monoisotopic (exact) mass is 486 g/mol. The number of anilines is 1. The number of nitrogens with zero attached hydrogens (tertiary/aromatic N) is 3. The van der Waals surface area contributed by atoms with E-state index in [9.17, 15) is 4.79 Å². The highest BCUT2D eigenvalue weighted by molar-refractivity contribution is 9.10. The minimum Gasteiger partial charge on any atom is -0.493 e. The van der Waals surface area contributed by atoms with Crippen LogP contribution in [0.3, 0.4) is 0 Å². The molecule has 4 rings (SSSR count). The van der Waals surface area contributed by atoms with Crippen molar-refractivity contribution in [2.45, 2.75) is 18.6 Å². The first-order chi connectivity index (χ1) is 14.6. The van der Waals surface area contributed by atoms with E-state index in [0.29, 0.717) is 34.6 Å². The number of nitrogens with one attached hydrogen (secondary N) is 1. The molecule has 2 heterocycles. The predicted molar refractivity (Wildman–Crippen MR) is 121 cm³/mol. The van der Waals surface area contributed by atoms with Gasteiger partial charge in [-0.05, 0) is 43.3 Å². The highest BCUT2D eigenvalue weighted by Crippen LogP contribution is 2.33. The first kappa shape index (κ1) is 20.5. The van der Waals surface area contributed by atoms with Gasteiger partial charge in [-0.25, -0.2) is 0 Å². The number of carbonyl (C=O) groups is 1. The molecule has 0 saturated heterocycles. The maximum Gasteiger partial charge on any atom is 0.234 e. The van der Waals surface area contributed by atoms with Crippen LogP contribution in [0.5, 0.6) is 5.75 Å². The number of para-hydroxylation sites is 1. The van der Waals surface area contributed by atoms with Gasteiger partial charge in [0.1, 0.15) is 0 Å². The van der Waals surface area contributed by atoms with E-state index in [1.807, 2.05) is 60.0 Å². The molecule has 0 unspecified atom stereocenters. The second-order valence-electron chi connectivity index (χ2n) is 6.38. The average molecular weight is 487 g/mol. The molecule has 7 nitrogen and oxygen atoms in total. The van der Waals surface area contributed by atoms with Crippen molar-refractivity contribution in [1.29, 1.82) is 0 Å². The summed E-state index contributed by atoms with van der Waals surface area (Å²) in [6.45, 7) is 2.65. The Kier molecular flexibility index (Phi) is 6.10. The first-order valence-electron chi connectivity index (χ1n) is 9.27. The summed E-state index contributed by atoms with van der Waals surface area (Å²) in [5.41, 5.74) is 1.42. The zero-order chi connectivity index (χ0) is 21.1. The van der Waals surface area contributed by atoms with E-state index in [-0.39, 0.29) is 11.7 Å². The van der Waals surface area contributed by atoms with E-state index in [1.165, 1.54) is 11.8 Å². The Labute approximate surface area is 185 Å². The van der Waals surface area contributed by atoms with Crippen molar-refractivity contribution in [3.63, 3.8) is 0 Å². The molecule has 9 heteroatoms. The second kappa shape index (κ2) is 8.93. The van der Waals surface area contributed by atoms with Gasteiger partial charge in [-0.1, -0.05) is 39.8 Å². The summed E-state index contributed by atoms with van der Waals surface area (Å²) in [5, 5.41) is 13.0. The van der Waals surface area contributed by atoms with Crippen molar-refractivity contribution in [3.8, 4) is 17.3 Å². The van der Waals surface area contributed by atoms with Crippen LogP contribution in [0.1, 0.15) is 6.92 Å². The fourth-order valence-electron chi connectivity index (χ4n) is 3.03. The van der Waals surface area contributed by atoms with Crippen LogP contribution < -0.4 is 10.1 Å². The summed E-state index contributed by atoms with van der Waals surface area (Å²) in [7, 11) is 1.61. The minimum atomic E-state index is -0.108. The molecule has 30 heavy (non-hydrogen) atoms. The van der Waals surface area contributed by atoms with Gasteiger partial charge < -0.3 is 14.5 Å². The molecule has 0 radical (unpaired) electrons. The zero-order valence-electron chi connectivity index (χ0n) is 16.4. The number of amides is 1. The van der Waals surface area contributed by atoms with Gasteiger partial charge in [0.25, 0.3) is 0 Å². The topological polar surface area (TPSA) is 82.2 Å². The molecule has 0 aliphatic heterocycles. The third-order valence-electron chi connectivity index (χ3n) is 4.44. The number of ether oxygens (including phenoxy) is 1. The zero-order valence-corrected chi connectivity index (χ0v) is 18.8. The number of halogens is 1. The molecule has 0 saturated carbocycles. The summed E-state index contributed by atoms with van der Waals surface area (Å²) in [4.78, 5) is 12.3. The normalized spacial score (nSPS) is 11.0. The molecule has 2 aromatic carbocycles. The number of furan rings is 1. The highest BCUT2D eigenvalue weighted by Gasteiger charge is 2.19. The standard InChI is InChI=1S/C21H19BrN4O3S/c1-3-26-20(17-11-13-5-4-6-16(28-2)19(13)29-17)24-25-21(26)30-12-18(27)23-15-9-7-14(22)8-10-15/h4-11H,3,12H2,1-2H3,(H,23,27). The smallest absolute Gasteiger partial charge is 0.234 e. The average Bonchev–Trinajstić information content (AvgIpc) is 3.37. The van der Waals surface area contributed by atoms with Gasteiger partial charge in [0.2, 0.25) is 11.7 Å². The van der Waals surface area contributed by atoms with Crippen molar-refractivity contribution >= 4 is 50.3 Å². The lowest BCUT2D eigenvalue weighted by molar-refractivity contribution is -0.113. The van der Waals surface area contributed by atoms with Crippen LogP contribution >= 0.6 is 27.7 Å². The Balaban J connectivity index is 1.51. The molecule has 154 valence electrons. The van der Waals surface area contributed by atoms with Crippen molar-refractivity contribution in [1.82, 2.24) is 14.8 Å². The second-order valence-corrected chi connectivity index (χ2v) is 8.24. The Morgan fingerprint density at radius 1 is 1.23 bits per heavy atom. The maximum absolute atomic E-state index is 12.3. The van der Waals surface area contributed by atoms with Crippen LogP contribution in [0.4, 0.5) is 5.69 Å². The molecule has 0 fully saturated rings. The number of carbonyl (C=O) groups excluding carboxylic acids is 1. The number of methoxy groups -OCH3 is 1. The minimum absolute atomic E-state index is 0.108. The highest BCUT2D eigenvalue weighted by atomic mass is 79.9. The molecular weight excluding hydrogens is 468 g/mol. The number of thioether (sulfide) groups is 1. The van der Waals surface area contributed by atoms with Crippen LogP contribution in [0, 0.1) is 0 Å². The molecule has 1 N–H and O–H groups in total. The van der Waals surface area contributed by atoms with Crippen molar-refractivity contribution in [2.24, 2.45) is 0 Å². The van der Waals surface area contributed by atoms with E-state index in [0.717, 1.165) is 15.5 Å². The Morgan fingerprint density at radius 2 is 2.03 bits per heavy atom. The number of rotatable bonds is 7. The lowest BCUT2D eigenvalue weighted by Crippen LogP contribution is -2.14. The third-order valence-corrected chi connectivity index (χ3v) is 5.94. The van der Waals surface area contributed by atoms with Gasteiger partial charge in [-0.3, -0.25) is 9.36 Å².